The van der Waals surface area contributed by atoms with E-state index in [1.54, 1.807) is 25.3 Å². The Kier molecular flexibility index (Phi) is 4.69. The van der Waals surface area contributed by atoms with Crippen LogP contribution in [-0.4, -0.2) is 13.7 Å². The lowest BCUT2D eigenvalue weighted by molar-refractivity contribution is 0.402. The first kappa shape index (κ1) is 14.5. The van der Waals surface area contributed by atoms with Crippen LogP contribution >= 0.6 is 0 Å². The topological polar surface area (TPSA) is 21.3 Å². The van der Waals surface area contributed by atoms with E-state index in [1.807, 2.05) is 6.92 Å². The molecule has 0 saturated heterocycles. The van der Waals surface area contributed by atoms with Crippen LogP contribution in [0.15, 0.2) is 42.5 Å². The Morgan fingerprint density at radius 2 is 1.70 bits per heavy atom. The molecule has 2 aromatic rings. The molecule has 0 bridgehead atoms. The van der Waals surface area contributed by atoms with Gasteiger partial charge in [-0.2, -0.15) is 0 Å². The van der Waals surface area contributed by atoms with Gasteiger partial charge in [0.25, 0.3) is 0 Å². The molecule has 0 amide bonds. The fourth-order valence-corrected chi connectivity index (χ4v) is 2.20. The Hall–Kier alpha value is -1.94. The lowest BCUT2D eigenvalue weighted by Gasteiger charge is -2.21. The fourth-order valence-electron chi connectivity index (χ4n) is 2.20. The largest absolute Gasteiger partial charge is 0.496 e. The fraction of sp³-hybridized carbons (Fsp3) is 0.250. The highest BCUT2D eigenvalue weighted by molar-refractivity contribution is 5.42. The van der Waals surface area contributed by atoms with Crippen molar-refractivity contribution in [3.05, 3.63) is 65.2 Å². The third-order valence-corrected chi connectivity index (χ3v) is 3.11. The Bertz CT molecular complexity index is 569. The molecule has 0 saturated carbocycles. The summed E-state index contributed by atoms with van der Waals surface area (Å²) in [7, 11) is 1.55. The van der Waals surface area contributed by atoms with Crippen molar-refractivity contribution in [2.45, 2.75) is 13.0 Å². The molecule has 0 aromatic heterocycles. The highest BCUT2D eigenvalue weighted by atomic mass is 19.1. The predicted molar refractivity (Wildman–Crippen MR) is 74.9 cm³/mol. The molecule has 106 valence electrons. The molecule has 4 heteroatoms. The normalized spacial score (nSPS) is 12.2. The summed E-state index contributed by atoms with van der Waals surface area (Å²) in [6.07, 6.45) is 0. The summed E-state index contributed by atoms with van der Waals surface area (Å²) < 4.78 is 31.9. The summed E-state index contributed by atoms with van der Waals surface area (Å²) >= 11 is 0. The van der Waals surface area contributed by atoms with E-state index in [2.05, 4.69) is 5.32 Å². The average Bonchev–Trinajstić information content (AvgIpc) is 2.46. The van der Waals surface area contributed by atoms with Crippen LogP contribution in [0.2, 0.25) is 0 Å². The molecule has 0 radical (unpaired) electrons. The molecule has 0 fully saturated rings. The van der Waals surface area contributed by atoms with E-state index in [-0.39, 0.29) is 17.7 Å². The Labute approximate surface area is 117 Å². The van der Waals surface area contributed by atoms with Gasteiger partial charge in [0.05, 0.1) is 13.2 Å². The number of methoxy groups -OCH3 is 1. The van der Waals surface area contributed by atoms with E-state index in [0.717, 1.165) is 5.56 Å². The monoisotopic (exact) mass is 277 g/mol. The maximum absolute atomic E-state index is 13.5. The van der Waals surface area contributed by atoms with Gasteiger partial charge in [0.2, 0.25) is 0 Å². The standard InChI is InChI=1S/C16H17F2NO/c1-3-19-16(11-4-6-12(17)7-5-11)14-10-13(18)8-9-15(14)20-2/h4-10,16,19H,3H2,1-2H3. The zero-order valence-electron chi connectivity index (χ0n) is 11.5. The lowest BCUT2D eigenvalue weighted by atomic mass is 9.97. The summed E-state index contributed by atoms with van der Waals surface area (Å²) in [5.74, 6) is -0.0253. The van der Waals surface area contributed by atoms with Crippen molar-refractivity contribution < 1.29 is 13.5 Å². The molecule has 2 nitrogen and oxygen atoms in total. The minimum atomic E-state index is -0.328. The minimum Gasteiger partial charge on any atom is -0.496 e. The van der Waals surface area contributed by atoms with Crippen LogP contribution in [0.3, 0.4) is 0 Å². The summed E-state index contributed by atoms with van der Waals surface area (Å²) in [5, 5.41) is 3.27. The third-order valence-electron chi connectivity index (χ3n) is 3.11. The average molecular weight is 277 g/mol. The van der Waals surface area contributed by atoms with Crippen LogP contribution < -0.4 is 10.1 Å². The molecule has 0 aliphatic carbocycles. The molecule has 20 heavy (non-hydrogen) atoms. The molecule has 0 aliphatic heterocycles. The van der Waals surface area contributed by atoms with Crippen molar-refractivity contribution in [2.24, 2.45) is 0 Å². The third kappa shape index (κ3) is 3.14. The first-order valence-electron chi connectivity index (χ1n) is 6.48. The van der Waals surface area contributed by atoms with E-state index in [4.69, 9.17) is 4.74 Å². The quantitative estimate of drug-likeness (QED) is 0.900. The summed E-state index contributed by atoms with van der Waals surface area (Å²) in [6.45, 7) is 2.66. The number of ether oxygens (including phenoxy) is 1. The van der Waals surface area contributed by atoms with Gasteiger partial charge in [-0.25, -0.2) is 8.78 Å². The molecule has 1 N–H and O–H groups in total. The van der Waals surface area contributed by atoms with E-state index >= 15 is 0 Å². The van der Waals surface area contributed by atoms with Crippen molar-refractivity contribution in [1.29, 1.82) is 0 Å². The van der Waals surface area contributed by atoms with Gasteiger partial charge in [0.1, 0.15) is 17.4 Å². The Morgan fingerprint density at radius 1 is 1.05 bits per heavy atom. The van der Waals surface area contributed by atoms with Crippen LogP contribution in [0.5, 0.6) is 5.75 Å². The van der Waals surface area contributed by atoms with Crippen LogP contribution in [0.25, 0.3) is 0 Å². The van der Waals surface area contributed by atoms with E-state index in [9.17, 15) is 8.78 Å². The van der Waals surface area contributed by atoms with Crippen molar-refractivity contribution in [3.63, 3.8) is 0 Å². The first-order valence-corrected chi connectivity index (χ1v) is 6.48. The predicted octanol–water partition coefficient (Wildman–Crippen LogP) is 3.67. The minimum absolute atomic E-state index is 0.244. The van der Waals surface area contributed by atoms with Gasteiger partial charge in [0, 0.05) is 5.56 Å². The van der Waals surface area contributed by atoms with Crippen molar-refractivity contribution >= 4 is 0 Å². The first-order chi connectivity index (χ1) is 9.65. The second-order valence-electron chi connectivity index (χ2n) is 4.43. The number of hydrogen-bond donors (Lipinski definition) is 1. The highest BCUT2D eigenvalue weighted by Gasteiger charge is 2.18. The number of benzene rings is 2. The maximum Gasteiger partial charge on any atom is 0.124 e. The van der Waals surface area contributed by atoms with Gasteiger partial charge in [0.15, 0.2) is 0 Å². The highest BCUT2D eigenvalue weighted by Crippen LogP contribution is 2.30. The Balaban J connectivity index is 2.47. The van der Waals surface area contributed by atoms with Gasteiger partial charge >= 0.3 is 0 Å². The number of nitrogens with one attached hydrogen (secondary N) is 1. The van der Waals surface area contributed by atoms with Crippen LogP contribution in [0.1, 0.15) is 24.1 Å². The molecule has 2 aromatic carbocycles. The zero-order chi connectivity index (χ0) is 14.5. The summed E-state index contributed by atoms with van der Waals surface area (Å²) in [5.41, 5.74) is 1.55. The van der Waals surface area contributed by atoms with E-state index in [1.165, 1.54) is 24.3 Å². The SMILES string of the molecule is CCNC(c1ccc(F)cc1)c1cc(F)ccc1OC. The second-order valence-corrected chi connectivity index (χ2v) is 4.43. The molecule has 2 rings (SSSR count). The lowest BCUT2D eigenvalue weighted by Crippen LogP contribution is -2.22. The van der Waals surface area contributed by atoms with Gasteiger partial charge < -0.3 is 10.1 Å². The smallest absolute Gasteiger partial charge is 0.124 e. The molecule has 1 atom stereocenters. The number of rotatable bonds is 5. The maximum atomic E-state index is 13.5. The molecule has 1 unspecified atom stereocenters. The van der Waals surface area contributed by atoms with Gasteiger partial charge in [-0.05, 0) is 42.4 Å². The molecular formula is C16H17F2NO. The van der Waals surface area contributed by atoms with E-state index in [0.29, 0.717) is 17.9 Å². The van der Waals surface area contributed by atoms with Crippen molar-refractivity contribution in [2.75, 3.05) is 13.7 Å². The van der Waals surface area contributed by atoms with Crippen LogP contribution in [0.4, 0.5) is 8.78 Å². The molecule has 0 spiro atoms. The van der Waals surface area contributed by atoms with Crippen molar-refractivity contribution in [1.82, 2.24) is 5.32 Å². The second kappa shape index (κ2) is 6.48. The molecular weight excluding hydrogens is 260 g/mol. The number of hydrogen-bond acceptors (Lipinski definition) is 2. The van der Waals surface area contributed by atoms with E-state index < -0.39 is 0 Å². The van der Waals surface area contributed by atoms with Gasteiger partial charge in [-0.15, -0.1) is 0 Å². The summed E-state index contributed by atoms with van der Waals surface area (Å²) in [4.78, 5) is 0. The Morgan fingerprint density at radius 3 is 2.30 bits per heavy atom. The molecule has 0 aliphatic rings. The van der Waals surface area contributed by atoms with Gasteiger partial charge in [-0.3, -0.25) is 0 Å². The molecule has 0 heterocycles. The van der Waals surface area contributed by atoms with Crippen molar-refractivity contribution in [3.8, 4) is 5.75 Å². The zero-order valence-corrected chi connectivity index (χ0v) is 11.5. The summed E-state index contributed by atoms with van der Waals surface area (Å²) in [6, 6.07) is 10.3. The van der Waals surface area contributed by atoms with Crippen LogP contribution in [-0.2, 0) is 0 Å². The number of halogens is 2. The van der Waals surface area contributed by atoms with Gasteiger partial charge in [-0.1, -0.05) is 19.1 Å². The van der Waals surface area contributed by atoms with Crippen LogP contribution in [0, 0.1) is 11.6 Å².